The highest BCUT2D eigenvalue weighted by Crippen LogP contribution is 2.41. The number of amides is 2. The number of nitrogens with one attached hydrogen (secondary N) is 1. The second kappa shape index (κ2) is 9.13. The first-order valence-electron chi connectivity index (χ1n) is 11.5. The van der Waals surface area contributed by atoms with Crippen LogP contribution in [0.15, 0.2) is 42.5 Å². The summed E-state index contributed by atoms with van der Waals surface area (Å²) in [7, 11) is 0. The van der Waals surface area contributed by atoms with Gasteiger partial charge in [-0.15, -0.1) is 0 Å². The molecule has 164 valence electrons. The van der Waals surface area contributed by atoms with E-state index < -0.39 is 6.10 Å². The number of rotatable bonds is 7. The summed E-state index contributed by atoms with van der Waals surface area (Å²) in [4.78, 5) is 27.5. The van der Waals surface area contributed by atoms with Crippen molar-refractivity contribution in [1.82, 2.24) is 10.2 Å². The molecule has 31 heavy (non-hydrogen) atoms. The Kier molecular flexibility index (Phi) is 6.30. The minimum Gasteiger partial charge on any atom is -0.481 e. The maximum atomic E-state index is 13.1. The fraction of sp³-hybridized carbons (Fsp3) is 0.462. The van der Waals surface area contributed by atoms with Crippen LogP contribution in [0, 0.1) is 12.8 Å². The second-order valence-corrected chi connectivity index (χ2v) is 8.64. The van der Waals surface area contributed by atoms with Gasteiger partial charge in [-0.2, -0.15) is 0 Å². The maximum absolute atomic E-state index is 13.1. The van der Waals surface area contributed by atoms with Gasteiger partial charge >= 0.3 is 0 Å². The summed E-state index contributed by atoms with van der Waals surface area (Å²) >= 11 is 0. The molecule has 1 aliphatic heterocycles. The minimum absolute atomic E-state index is 0.0941. The summed E-state index contributed by atoms with van der Waals surface area (Å²) in [5.41, 5.74) is 4.66. The normalized spacial score (nSPS) is 18.8. The molecule has 2 aromatic carbocycles. The Morgan fingerprint density at radius 1 is 1.13 bits per heavy atom. The summed E-state index contributed by atoms with van der Waals surface area (Å²) < 4.78 is 6.09. The van der Waals surface area contributed by atoms with Gasteiger partial charge < -0.3 is 15.0 Å². The molecule has 4 rings (SSSR count). The Hall–Kier alpha value is -2.82. The van der Waals surface area contributed by atoms with E-state index in [0.29, 0.717) is 18.7 Å². The third kappa shape index (κ3) is 4.60. The number of carbonyl (C=O) groups is 2. The number of aryl methyl sites for hydroxylation is 1. The molecule has 1 saturated carbocycles. The highest BCUT2D eigenvalue weighted by molar-refractivity contribution is 5.82. The van der Waals surface area contributed by atoms with Gasteiger partial charge in [-0.05, 0) is 68.4 Å². The van der Waals surface area contributed by atoms with Gasteiger partial charge in [-0.25, -0.2) is 0 Å². The van der Waals surface area contributed by atoms with Crippen molar-refractivity contribution in [1.29, 1.82) is 0 Å². The zero-order chi connectivity index (χ0) is 22.0. The first kappa shape index (κ1) is 21.4. The predicted octanol–water partition coefficient (Wildman–Crippen LogP) is 4.17. The number of likely N-dealkylation sites (N-methyl/N-ethyl adjacent to an activating group) is 1. The van der Waals surface area contributed by atoms with Crippen molar-refractivity contribution >= 4 is 11.8 Å². The van der Waals surface area contributed by atoms with Gasteiger partial charge in [0, 0.05) is 19.0 Å². The Morgan fingerprint density at radius 3 is 2.52 bits per heavy atom. The number of carbonyl (C=O) groups excluding carboxylic acids is 2. The maximum Gasteiger partial charge on any atom is 0.261 e. The van der Waals surface area contributed by atoms with Crippen molar-refractivity contribution in [2.45, 2.75) is 58.6 Å². The highest BCUT2D eigenvalue weighted by Gasteiger charge is 2.39. The van der Waals surface area contributed by atoms with Crippen LogP contribution in [0.25, 0.3) is 0 Å². The average molecular weight is 421 g/mol. The third-order valence-corrected chi connectivity index (χ3v) is 6.24. The van der Waals surface area contributed by atoms with Gasteiger partial charge in [0.25, 0.3) is 5.91 Å². The monoisotopic (exact) mass is 420 g/mol. The van der Waals surface area contributed by atoms with Crippen LogP contribution in [0.5, 0.6) is 5.75 Å². The Labute approximate surface area is 184 Å². The summed E-state index contributed by atoms with van der Waals surface area (Å²) in [6.07, 6.45) is 2.90. The number of hydrogen-bond acceptors (Lipinski definition) is 3. The highest BCUT2D eigenvalue weighted by atomic mass is 16.5. The van der Waals surface area contributed by atoms with Crippen molar-refractivity contribution in [3.05, 3.63) is 64.7 Å². The van der Waals surface area contributed by atoms with E-state index >= 15 is 0 Å². The molecule has 0 radical (unpaired) electrons. The molecule has 2 aliphatic rings. The molecular weight excluding hydrogens is 388 g/mol. The lowest BCUT2D eigenvalue weighted by atomic mass is 9.87. The SMILES string of the molecule is CCNC(=O)[C@@H](CC)Oc1ccc2c(c1)[C@H](c1ccc(C)cc1)N(C(=O)C1CC1)CC2. The zero-order valence-corrected chi connectivity index (χ0v) is 18.7. The molecule has 0 spiro atoms. The number of ether oxygens (including phenoxy) is 1. The average Bonchev–Trinajstić information content (AvgIpc) is 3.62. The molecule has 2 atom stereocenters. The molecule has 1 N–H and O–H groups in total. The predicted molar refractivity (Wildman–Crippen MR) is 121 cm³/mol. The lowest BCUT2D eigenvalue weighted by molar-refractivity contribution is -0.134. The van der Waals surface area contributed by atoms with Crippen LogP contribution in [0.4, 0.5) is 0 Å². The van der Waals surface area contributed by atoms with Crippen LogP contribution < -0.4 is 10.1 Å². The first-order valence-corrected chi connectivity index (χ1v) is 11.5. The molecule has 1 heterocycles. The largest absolute Gasteiger partial charge is 0.481 e. The van der Waals surface area contributed by atoms with E-state index in [1.54, 1.807) is 0 Å². The van der Waals surface area contributed by atoms with Crippen molar-refractivity contribution < 1.29 is 14.3 Å². The molecule has 1 aliphatic carbocycles. The fourth-order valence-corrected chi connectivity index (χ4v) is 4.35. The van der Waals surface area contributed by atoms with Crippen LogP contribution in [0.2, 0.25) is 0 Å². The molecule has 5 heteroatoms. The van der Waals surface area contributed by atoms with Crippen LogP contribution in [0.3, 0.4) is 0 Å². The molecule has 1 fully saturated rings. The van der Waals surface area contributed by atoms with Crippen LogP contribution >= 0.6 is 0 Å². The number of fused-ring (bicyclic) bond motifs is 1. The van der Waals surface area contributed by atoms with Crippen LogP contribution in [-0.2, 0) is 16.0 Å². The minimum atomic E-state index is -0.524. The molecular formula is C26H32N2O3. The summed E-state index contributed by atoms with van der Waals surface area (Å²) in [6, 6.07) is 14.4. The van der Waals surface area contributed by atoms with Gasteiger partial charge in [0.15, 0.2) is 6.10 Å². The lowest BCUT2D eigenvalue weighted by Crippen LogP contribution is -2.41. The Bertz CT molecular complexity index is 950. The van der Waals surface area contributed by atoms with E-state index in [1.807, 2.05) is 26.0 Å². The molecule has 5 nitrogen and oxygen atoms in total. The molecule has 2 amide bonds. The van der Waals surface area contributed by atoms with Crippen molar-refractivity contribution in [3.8, 4) is 5.75 Å². The van der Waals surface area contributed by atoms with E-state index in [4.69, 9.17) is 4.74 Å². The zero-order valence-electron chi connectivity index (χ0n) is 18.7. The molecule has 2 aromatic rings. The summed E-state index contributed by atoms with van der Waals surface area (Å²) in [5, 5.41) is 2.84. The van der Waals surface area contributed by atoms with Crippen molar-refractivity contribution in [2.24, 2.45) is 5.92 Å². The fourth-order valence-electron chi connectivity index (χ4n) is 4.35. The topological polar surface area (TPSA) is 58.6 Å². The smallest absolute Gasteiger partial charge is 0.261 e. The number of benzene rings is 2. The van der Waals surface area contributed by atoms with Crippen molar-refractivity contribution in [3.63, 3.8) is 0 Å². The van der Waals surface area contributed by atoms with Crippen molar-refractivity contribution in [2.75, 3.05) is 13.1 Å². The van der Waals surface area contributed by atoms with E-state index in [1.165, 1.54) is 11.1 Å². The Morgan fingerprint density at radius 2 is 1.87 bits per heavy atom. The van der Waals surface area contributed by atoms with E-state index in [0.717, 1.165) is 36.9 Å². The van der Waals surface area contributed by atoms with E-state index in [-0.39, 0.29) is 23.8 Å². The van der Waals surface area contributed by atoms with E-state index in [2.05, 4.69) is 47.5 Å². The van der Waals surface area contributed by atoms with Gasteiger partial charge in [0.1, 0.15) is 5.75 Å². The number of nitrogens with zero attached hydrogens (tertiary/aromatic N) is 1. The Balaban J connectivity index is 1.69. The van der Waals surface area contributed by atoms with Crippen LogP contribution in [0.1, 0.15) is 61.4 Å². The van der Waals surface area contributed by atoms with Gasteiger partial charge in [0.05, 0.1) is 6.04 Å². The van der Waals surface area contributed by atoms with E-state index in [9.17, 15) is 9.59 Å². The summed E-state index contributed by atoms with van der Waals surface area (Å²) in [5.74, 6) is 1.02. The molecule has 0 saturated heterocycles. The molecule has 0 unspecified atom stereocenters. The van der Waals surface area contributed by atoms with Crippen LogP contribution in [-0.4, -0.2) is 35.9 Å². The standard InChI is InChI=1S/C26H32N2O3/c1-4-23(25(29)27-5-2)31-21-13-12-18-14-15-28(26(30)20-10-11-20)24(22(18)16-21)19-8-6-17(3)7-9-19/h6-9,12-13,16,20,23-24H,4-5,10-11,14-15H2,1-3H3,(H,27,29)/t23-,24+/m1/s1. The van der Waals surface area contributed by atoms with Gasteiger partial charge in [-0.1, -0.05) is 42.8 Å². The molecule has 0 aromatic heterocycles. The quantitative estimate of drug-likeness (QED) is 0.731. The first-order chi connectivity index (χ1) is 15.0. The number of hydrogen-bond donors (Lipinski definition) is 1. The molecule has 0 bridgehead atoms. The lowest BCUT2D eigenvalue weighted by Gasteiger charge is -2.38. The summed E-state index contributed by atoms with van der Waals surface area (Å²) in [6.45, 7) is 7.24. The second-order valence-electron chi connectivity index (χ2n) is 8.64. The van der Waals surface area contributed by atoms with Gasteiger partial charge in [0.2, 0.25) is 5.91 Å². The third-order valence-electron chi connectivity index (χ3n) is 6.24. The van der Waals surface area contributed by atoms with Gasteiger partial charge in [-0.3, -0.25) is 9.59 Å².